The van der Waals surface area contributed by atoms with Crippen LogP contribution in [0.1, 0.15) is 96.0 Å². The summed E-state index contributed by atoms with van der Waals surface area (Å²) < 4.78 is 5.98. The highest BCUT2D eigenvalue weighted by atomic mass is 16.5. The third-order valence-corrected chi connectivity index (χ3v) is 7.33. The third-order valence-electron chi connectivity index (χ3n) is 7.33. The molecule has 0 radical (unpaired) electrons. The van der Waals surface area contributed by atoms with Crippen molar-refractivity contribution in [1.29, 1.82) is 0 Å². The van der Waals surface area contributed by atoms with Crippen LogP contribution in [0, 0.1) is 12.3 Å². The molecule has 2 heterocycles. The monoisotopic (exact) mass is 512 g/mol. The number of ether oxygens (including phenoxy) is 1. The van der Waals surface area contributed by atoms with Crippen molar-refractivity contribution >= 4 is 22.7 Å². The predicted molar refractivity (Wildman–Crippen MR) is 149 cm³/mol. The minimum absolute atomic E-state index is 0.106. The van der Waals surface area contributed by atoms with E-state index in [0.29, 0.717) is 30.1 Å². The number of hydrogen-bond acceptors (Lipinski definition) is 4. The van der Waals surface area contributed by atoms with E-state index in [2.05, 4.69) is 36.1 Å². The number of Topliss-reactive ketones (excluding diaryl/α,β-unsaturated/α-hetero) is 1. The van der Waals surface area contributed by atoms with E-state index < -0.39 is 0 Å². The topological polar surface area (TPSA) is 99.9 Å². The molecule has 5 rings (SSSR count). The SMILES string of the molecule is CCCCC(NC(=O)c1[nH]c2c(c1C)C(=O)CC(C)(C)C2)c1nc2ccc(OCc3ccccc3)cc2[nH]1. The van der Waals surface area contributed by atoms with E-state index >= 15 is 0 Å². The molecule has 198 valence electrons. The number of H-pyrrole nitrogens is 2. The van der Waals surface area contributed by atoms with Crippen LogP contribution in [0.2, 0.25) is 0 Å². The van der Waals surface area contributed by atoms with Gasteiger partial charge < -0.3 is 20.0 Å². The Balaban J connectivity index is 1.36. The minimum Gasteiger partial charge on any atom is -0.489 e. The second kappa shape index (κ2) is 10.5. The molecule has 1 atom stereocenters. The number of amides is 1. The Kier molecular flexibility index (Phi) is 7.11. The summed E-state index contributed by atoms with van der Waals surface area (Å²) in [7, 11) is 0. The van der Waals surface area contributed by atoms with E-state index in [-0.39, 0.29) is 23.1 Å². The van der Waals surface area contributed by atoms with Gasteiger partial charge in [-0.25, -0.2) is 4.98 Å². The van der Waals surface area contributed by atoms with Crippen LogP contribution in [-0.2, 0) is 13.0 Å². The van der Waals surface area contributed by atoms with Gasteiger partial charge >= 0.3 is 0 Å². The van der Waals surface area contributed by atoms with Crippen LogP contribution in [0.3, 0.4) is 0 Å². The molecular weight excluding hydrogens is 476 g/mol. The van der Waals surface area contributed by atoms with Crippen LogP contribution in [0.25, 0.3) is 11.0 Å². The summed E-state index contributed by atoms with van der Waals surface area (Å²) in [6, 6.07) is 15.6. The zero-order valence-electron chi connectivity index (χ0n) is 22.6. The zero-order chi connectivity index (χ0) is 26.9. The summed E-state index contributed by atoms with van der Waals surface area (Å²) in [6.07, 6.45) is 3.95. The molecule has 0 bridgehead atoms. The highest BCUT2D eigenvalue weighted by Gasteiger charge is 2.35. The Morgan fingerprint density at radius 1 is 1.13 bits per heavy atom. The first kappa shape index (κ1) is 25.8. The molecule has 3 N–H and O–H groups in total. The van der Waals surface area contributed by atoms with E-state index in [1.165, 1.54) is 0 Å². The number of rotatable bonds is 9. The van der Waals surface area contributed by atoms with Gasteiger partial charge in [-0.1, -0.05) is 63.9 Å². The molecule has 38 heavy (non-hydrogen) atoms. The fourth-order valence-electron chi connectivity index (χ4n) is 5.38. The second-order valence-corrected chi connectivity index (χ2v) is 11.2. The van der Waals surface area contributed by atoms with Gasteiger partial charge in [-0.3, -0.25) is 9.59 Å². The number of carbonyl (C=O) groups is 2. The maximum absolute atomic E-state index is 13.5. The molecule has 2 aromatic carbocycles. The van der Waals surface area contributed by atoms with E-state index in [9.17, 15) is 9.59 Å². The van der Waals surface area contributed by atoms with Crippen molar-refractivity contribution in [3.8, 4) is 5.75 Å². The van der Waals surface area contributed by atoms with Gasteiger partial charge in [0.25, 0.3) is 5.91 Å². The number of nitrogens with one attached hydrogen (secondary N) is 3. The van der Waals surface area contributed by atoms with Gasteiger partial charge in [-0.05, 0) is 48.4 Å². The van der Waals surface area contributed by atoms with Crippen LogP contribution in [-0.4, -0.2) is 26.6 Å². The maximum atomic E-state index is 13.5. The summed E-state index contributed by atoms with van der Waals surface area (Å²) in [5.41, 5.74) is 5.43. The Labute approximate surface area is 223 Å². The number of benzene rings is 2. The van der Waals surface area contributed by atoms with Crippen molar-refractivity contribution in [3.05, 3.63) is 82.4 Å². The van der Waals surface area contributed by atoms with E-state index in [4.69, 9.17) is 9.72 Å². The molecule has 0 aliphatic heterocycles. The van der Waals surface area contributed by atoms with E-state index in [0.717, 1.165) is 59.3 Å². The molecule has 7 nitrogen and oxygen atoms in total. The highest BCUT2D eigenvalue weighted by molar-refractivity contribution is 6.04. The van der Waals surface area contributed by atoms with Crippen molar-refractivity contribution in [3.63, 3.8) is 0 Å². The Hall–Kier alpha value is -3.87. The first-order valence-corrected chi connectivity index (χ1v) is 13.5. The summed E-state index contributed by atoms with van der Waals surface area (Å²) in [6.45, 7) is 8.65. The van der Waals surface area contributed by atoms with Crippen molar-refractivity contribution in [1.82, 2.24) is 20.3 Å². The number of fused-ring (bicyclic) bond motifs is 2. The van der Waals surface area contributed by atoms with Crippen LogP contribution in [0.5, 0.6) is 5.75 Å². The molecule has 1 unspecified atom stereocenters. The minimum atomic E-state index is -0.282. The number of imidazole rings is 1. The van der Waals surface area contributed by atoms with Crippen LogP contribution >= 0.6 is 0 Å². The van der Waals surface area contributed by atoms with Gasteiger partial charge in [-0.15, -0.1) is 0 Å². The van der Waals surface area contributed by atoms with E-state index in [1.807, 2.05) is 55.5 Å². The Bertz CT molecular complexity index is 1470. The predicted octanol–water partition coefficient (Wildman–Crippen LogP) is 6.59. The van der Waals surface area contributed by atoms with Gasteiger partial charge in [-0.2, -0.15) is 0 Å². The van der Waals surface area contributed by atoms with Crippen molar-refractivity contribution in [2.24, 2.45) is 5.41 Å². The first-order chi connectivity index (χ1) is 18.2. The molecule has 4 aromatic rings. The molecule has 2 aromatic heterocycles. The van der Waals surface area contributed by atoms with Gasteiger partial charge in [0.2, 0.25) is 0 Å². The highest BCUT2D eigenvalue weighted by Crippen LogP contribution is 2.37. The number of unbranched alkanes of at least 4 members (excludes halogenated alkanes) is 1. The molecule has 0 spiro atoms. The molecule has 1 aliphatic carbocycles. The fraction of sp³-hybridized carbons (Fsp3) is 0.387. The van der Waals surface area contributed by atoms with Crippen LogP contribution < -0.4 is 10.1 Å². The Morgan fingerprint density at radius 2 is 1.92 bits per heavy atom. The average Bonchev–Trinajstić information content (AvgIpc) is 3.45. The lowest BCUT2D eigenvalue weighted by Gasteiger charge is -2.28. The Morgan fingerprint density at radius 3 is 2.68 bits per heavy atom. The van der Waals surface area contributed by atoms with Gasteiger partial charge in [0.15, 0.2) is 5.78 Å². The van der Waals surface area contributed by atoms with Crippen LogP contribution in [0.4, 0.5) is 0 Å². The number of ketones is 1. The second-order valence-electron chi connectivity index (χ2n) is 11.2. The third kappa shape index (κ3) is 5.37. The number of aromatic nitrogens is 3. The summed E-state index contributed by atoms with van der Waals surface area (Å²) in [5.74, 6) is 1.36. The number of carbonyl (C=O) groups excluding carboxylic acids is 2. The van der Waals surface area contributed by atoms with Crippen molar-refractivity contribution in [2.45, 2.75) is 72.4 Å². The lowest BCUT2D eigenvalue weighted by molar-refractivity contribution is 0.0908. The largest absolute Gasteiger partial charge is 0.489 e. The molecular formula is C31H36N4O3. The quantitative estimate of drug-likeness (QED) is 0.235. The van der Waals surface area contributed by atoms with Gasteiger partial charge in [0, 0.05) is 23.7 Å². The number of nitrogens with zero attached hydrogens (tertiary/aromatic N) is 1. The molecule has 1 amide bonds. The first-order valence-electron chi connectivity index (χ1n) is 13.5. The summed E-state index contributed by atoms with van der Waals surface area (Å²) >= 11 is 0. The fourth-order valence-corrected chi connectivity index (χ4v) is 5.38. The molecule has 1 aliphatic rings. The molecule has 0 saturated heterocycles. The summed E-state index contributed by atoms with van der Waals surface area (Å²) in [5, 5.41) is 3.19. The van der Waals surface area contributed by atoms with Gasteiger partial charge in [0.05, 0.1) is 17.1 Å². The van der Waals surface area contributed by atoms with Crippen LogP contribution in [0.15, 0.2) is 48.5 Å². The average molecular weight is 513 g/mol. The number of aromatic amines is 2. The van der Waals surface area contributed by atoms with Crippen molar-refractivity contribution in [2.75, 3.05) is 0 Å². The maximum Gasteiger partial charge on any atom is 0.268 e. The molecule has 0 saturated carbocycles. The molecule has 0 fully saturated rings. The van der Waals surface area contributed by atoms with E-state index in [1.54, 1.807) is 0 Å². The zero-order valence-corrected chi connectivity index (χ0v) is 22.6. The number of hydrogen-bond donors (Lipinski definition) is 3. The summed E-state index contributed by atoms with van der Waals surface area (Å²) in [4.78, 5) is 37.8. The normalized spacial score (nSPS) is 15.3. The molecule has 7 heteroatoms. The smallest absolute Gasteiger partial charge is 0.268 e. The van der Waals surface area contributed by atoms with Crippen molar-refractivity contribution < 1.29 is 14.3 Å². The van der Waals surface area contributed by atoms with Gasteiger partial charge in [0.1, 0.15) is 23.9 Å². The lowest BCUT2D eigenvalue weighted by Crippen LogP contribution is -2.30. The standard InChI is InChI=1S/C31H36N4O3/c1-5-6-12-23(35-30(37)28-19(2)27-25(32-28)16-31(3,4)17-26(27)36)29-33-22-14-13-21(15-24(22)34-29)38-18-20-10-8-7-9-11-20/h7-11,13-15,23,32H,5-6,12,16-18H2,1-4H3,(H,33,34)(H,35,37). The lowest BCUT2D eigenvalue weighted by atomic mass is 9.75.